The van der Waals surface area contributed by atoms with Crippen molar-refractivity contribution in [3.05, 3.63) is 48.1 Å². The van der Waals surface area contributed by atoms with Crippen molar-refractivity contribution < 1.29 is 4.52 Å². The smallest absolute Gasteiger partial charge is 0.213 e. The van der Waals surface area contributed by atoms with E-state index in [-0.39, 0.29) is 0 Å². The lowest BCUT2D eigenvalue weighted by molar-refractivity contribution is 0.141. The van der Waals surface area contributed by atoms with Gasteiger partial charge in [-0.2, -0.15) is 4.98 Å². The van der Waals surface area contributed by atoms with Gasteiger partial charge in [-0.25, -0.2) is 0 Å². The predicted octanol–water partition coefficient (Wildman–Crippen LogP) is 1.52. The fraction of sp³-hybridized carbons (Fsp3) is 0.500. The third-order valence-electron chi connectivity index (χ3n) is 4.13. The minimum Gasteiger partial charge on any atom is -0.343 e. The Balaban J connectivity index is 1.54. The van der Waals surface area contributed by atoms with Crippen LogP contribution in [0.3, 0.4) is 0 Å². The molecule has 0 radical (unpaired) electrons. The quantitative estimate of drug-likeness (QED) is 0.903. The van der Waals surface area contributed by atoms with Crippen LogP contribution in [0.2, 0.25) is 0 Å². The van der Waals surface area contributed by atoms with Crippen molar-refractivity contribution >= 4 is 0 Å². The molecule has 1 aliphatic rings. The number of piperazine rings is 1. The summed E-state index contributed by atoms with van der Waals surface area (Å²) in [6, 6.07) is 11.7. The van der Waals surface area contributed by atoms with Gasteiger partial charge in [-0.05, 0) is 18.9 Å². The number of nitrogens with one attached hydrogen (secondary N) is 1. The summed E-state index contributed by atoms with van der Waals surface area (Å²) in [5.41, 5.74) is 1.39. The normalized spacial score (nSPS) is 23.3. The highest BCUT2D eigenvalue weighted by Crippen LogP contribution is 2.12. The van der Waals surface area contributed by atoms with E-state index in [0.717, 1.165) is 38.3 Å². The Morgan fingerprint density at radius 1 is 1.33 bits per heavy atom. The fourth-order valence-corrected chi connectivity index (χ4v) is 2.89. The van der Waals surface area contributed by atoms with Crippen LogP contribution in [0.25, 0.3) is 0 Å². The molecular formula is C16H22N4O. The van der Waals surface area contributed by atoms with Gasteiger partial charge in [0.2, 0.25) is 6.39 Å². The molecule has 1 aromatic carbocycles. The van der Waals surface area contributed by atoms with Crippen molar-refractivity contribution in [3.8, 4) is 0 Å². The molecule has 1 N–H and O–H groups in total. The highest BCUT2D eigenvalue weighted by molar-refractivity contribution is 5.16. The van der Waals surface area contributed by atoms with Crippen molar-refractivity contribution in [1.82, 2.24) is 20.4 Å². The summed E-state index contributed by atoms with van der Waals surface area (Å²) in [6.45, 7) is 5.34. The first-order valence-electron chi connectivity index (χ1n) is 7.58. The number of hydrogen-bond acceptors (Lipinski definition) is 5. The molecule has 21 heavy (non-hydrogen) atoms. The van der Waals surface area contributed by atoms with E-state index in [0.29, 0.717) is 12.1 Å². The monoisotopic (exact) mass is 286 g/mol. The van der Waals surface area contributed by atoms with Crippen molar-refractivity contribution in [2.75, 3.05) is 19.6 Å². The first kappa shape index (κ1) is 14.2. The van der Waals surface area contributed by atoms with Gasteiger partial charge in [0.1, 0.15) is 0 Å². The molecule has 0 aliphatic carbocycles. The van der Waals surface area contributed by atoms with Crippen LogP contribution < -0.4 is 5.32 Å². The first-order chi connectivity index (χ1) is 10.3. The number of rotatable bonds is 5. The zero-order valence-corrected chi connectivity index (χ0v) is 12.4. The summed E-state index contributed by atoms with van der Waals surface area (Å²) in [4.78, 5) is 6.61. The lowest BCUT2D eigenvalue weighted by Crippen LogP contribution is -2.56. The Labute approximate surface area is 125 Å². The van der Waals surface area contributed by atoms with Crippen LogP contribution in [0.5, 0.6) is 0 Å². The highest BCUT2D eigenvalue weighted by atomic mass is 16.5. The fourth-order valence-electron chi connectivity index (χ4n) is 2.89. The van der Waals surface area contributed by atoms with Gasteiger partial charge in [0.15, 0.2) is 5.82 Å². The molecular weight excluding hydrogens is 264 g/mol. The van der Waals surface area contributed by atoms with Crippen LogP contribution in [0.15, 0.2) is 41.2 Å². The molecule has 3 rings (SSSR count). The van der Waals surface area contributed by atoms with E-state index < -0.39 is 0 Å². The van der Waals surface area contributed by atoms with E-state index in [1.807, 2.05) is 0 Å². The average Bonchev–Trinajstić information content (AvgIpc) is 3.02. The predicted molar refractivity (Wildman–Crippen MR) is 81.0 cm³/mol. The van der Waals surface area contributed by atoms with Crippen molar-refractivity contribution in [1.29, 1.82) is 0 Å². The summed E-state index contributed by atoms with van der Waals surface area (Å²) in [5, 5.41) is 7.53. The molecule has 2 unspecified atom stereocenters. The number of nitrogens with zero attached hydrogens (tertiary/aromatic N) is 3. The lowest BCUT2D eigenvalue weighted by Gasteiger charge is -2.38. The molecule has 1 saturated heterocycles. The number of benzene rings is 1. The Kier molecular flexibility index (Phi) is 4.62. The van der Waals surface area contributed by atoms with Crippen LogP contribution in [-0.2, 0) is 12.8 Å². The molecule has 2 heterocycles. The minimum atomic E-state index is 0.508. The van der Waals surface area contributed by atoms with Crippen molar-refractivity contribution in [3.63, 3.8) is 0 Å². The number of hydrogen-bond donors (Lipinski definition) is 1. The van der Waals surface area contributed by atoms with Gasteiger partial charge >= 0.3 is 0 Å². The SMILES string of the molecule is CC1CNC(Cc2ccccc2)CN1CCc1ncon1. The van der Waals surface area contributed by atoms with Gasteiger partial charge in [0.25, 0.3) is 0 Å². The van der Waals surface area contributed by atoms with Crippen molar-refractivity contribution in [2.45, 2.75) is 31.8 Å². The molecule has 0 saturated carbocycles. The summed E-state index contributed by atoms with van der Waals surface area (Å²) in [6.07, 6.45) is 3.32. The van der Waals surface area contributed by atoms with Gasteiger partial charge in [0, 0.05) is 38.1 Å². The van der Waals surface area contributed by atoms with Gasteiger partial charge in [-0.3, -0.25) is 4.90 Å². The Bertz CT molecular complexity index is 528. The summed E-state index contributed by atoms with van der Waals surface area (Å²) in [7, 11) is 0. The summed E-state index contributed by atoms with van der Waals surface area (Å²) in [5.74, 6) is 0.792. The van der Waals surface area contributed by atoms with Gasteiger partial charge in [-0.1, -0.05) is 35.5 Å². The summed E-state index contributed by atoms with van der Waals surface area (Å²) < 4.78 is 4.79. The molecule has 5 heteroatoms. The minimum absolute atomic E-state index is 0.508. The molecule has 1 aliphatic heterocycles. The van der Waals surface area contributed by atoms with Gasteiger partial charge in [-0.15, -0.1) is 0 Å². The Hall–Kier alpha value is -1.72. The molecule has 5 nitrogen and oxygen atoms in total. The molecule has 1 fully saturated rings. The lowest BCUT2D eigenvalue weighted by atomic mass is 10.0. The van der Waals surface area contributed by atoms with Gasteiger partial charge in [0.05, 0.1) is 0 Å². The topological polar surface area (TPSA) is 54.2 Å². The van der Waals surface area contributed by atoms with E-state index in [4.69, 9.17) is 4.52 Å². The zero-order chi connectivity index (χ0) is 14.5. The van der Waals surface area contributed by atoms with E-state index >= 15 is 0 Å². The Morgan fingerprint density at radius 3 is 2.95 bits per heavy atom. The van der Waals surface area contributed by atoms with Crippen LogP contribution in [0, 0.1) is 0 Å². The molecule has 0 bridgehead atoms. The van der Waals surface area contributed by atoms with Crippen LogP contribution in [-0.4, -0.2) is 46.8 Å². The maximum absolute atomic E-state index is 4.79. The second-order valence-electron chi connectivity index (χ2n) is 5.74. The third kappa shape index (κ3) is 3.89. The van der Waals surface area contributed by atoms with Crippen LogP contribution in [0.4, 0.5) is 0 Å². The molecule has 0 spiro atoms. The standard InChI is InChI=1S/C16H22N4O/c1-13-10-17-15(9-14-5-3-2-4-6-14)11-20(13)8-7-16-18-12-21-19-16/h2-6,12-13,15,17H,7-11H2,1H3. The highest BCUT2D eigenvalue weighted by Gasteiger charge is 2.24. The van der Waals surface area contributed by atoms with E-state index in [1.165, 1.54) is 12.0 Å². The van der Waals surface area contributed by atoms with Crippen LogP contribution >= 0.6 is 0 Å². The van der Waals surface area contributed by atoms with Gasteiger partial charge < -0.3 is 9.84 Å². The first-order valence-corrected chi connectivity index (χ1v) is 7.58. The summed E-state index contributed by atoms with van der Waals surface area (Å²) >= 11 is 0. The average molecular weight is 286 g/mol. The molecule has 2 aromatic rings. The Morgan fingerprint density at radius 2 is 2.19 bits per heavy atom. The molecule has 112 valence electrons. The third-order valence-corrected chi connectivity index (χ3v) is 4.13. The van der Waals surface area contributed by atoms with E-state index in [1.54, 1.807) is 0 Å². The van der Waals surface area contributed by atoms with Crippen LogP contribution in [0.1, 0.15) is 18.3 Å². The van der Waals surface area contributed by atoms with Crippen molar-refractivity contribution in [2.24, 2.45) is 0 Å². The van der Waals surface area contributed by atoms with E-state index in [2.05, 4.69) is 57.6 Å². The zero-order valence-electron chi connectivity index (χ0n) is 12.4. The number of aromatic nitrogens is 2. The largest absolute Gasteiger partial charge is 0.343 e. The second kappa shape index (κ2) is 6.83. The van der Waals surface area contributed by atoms with E-state index in [9.17, 15) is 0 Å². The molecule has 2 atom stereocenters. The second-order valence-corrected chi connectivity index (χ2v) is 5.74. The maximum atomic E-state index is 4.79. The maximum Gasteiger partial charge on any atom is 0.213 e. The molecule has 1 aromatic heterocycles. The molecule has 0 amide bonds.